The lowest BCUT2D eigenvalue weighted by molar-refractivity contribution is 0.0707. The van der Waals surface area contributed by atoms with Crippen molar-refractivity contribution in [2.24, 2.45) is 0 Å². The first kappa shape index (κ1) is 15.1. The van der Waals surface area contributed by atoms with Crippen molar-refractivity contribution < 1.29 is 4.79 Å². The molecule has 1 aliphatic rings. The molecule has 1 aromatic carbocycles. The predicted molar refractivity (Wildman–Crippen MR) is 86.6 cm³/mol. The Bertz CT molecular complexity index is 662. The van der Waals surface area contributed by atoms with Gasteiger partial charge in [-0.15, -0.1) is 0 Å². The van der Waals surface area contributed by atoms with Gasteiger partial charge in [0, 0.05) is 30.4 Å². The number of piperidine rings is 1. The first-order valence-electron chi connectivity index (χ1n) is 7.44. The van der Waals surface area contributed by atoms with Gasteiger partial charge in [-0.05, 0) is 38.1 Å². The fourth-order valence-electron chi connectivity index (χ4n) is 2.75. The molecule has 0 aliphatic carbocycles. The lowest BCUT2D eigenvalue weighted by Gasteiger charge is -2.31. The molecule has 22 heavy (non-hydrogen) atoms. The SMILES string of the molecule is CNC1CCN(C(=O)c2cnn(-c3cccc(Cl)c3)c2)CC1. The van der Waals surface area contributed by atoms with Gasteiger partial charge in [0.1, 0.15) is 0 Å². The fraction of sp³-hybridized carbons (Fsp3) is 0.375. The van der Waals surface area contributed by atoms with Gasteiger partial charge in [0.2, 0.25) is 0 Å². The van der Waals surface area contributed by atoms with Crippen LogP contribution in [0.25, 0.3) is 5.69 Å². The molecule has 1 saturated heterocycles. The van der Waals surface area contributed by atoms with Crippen molar-refractivity contribution in [2.45, 2.75) is 18.9 Å². The Morgan fingerprint density at radius 2 is 2.14 bits per heavy atom. The Kier molecular flexibility index (Phi) is 4.45. The van der Waals surface area contributed by atoms with Crippen LogP contribution >= 0.6 is 11.6 Å². The highest BCUT2D eigenvalue weighted by Gasteiger charge is 2.23. The predicted octanol–water partition coefficient (Wildman–Crippen LogP) is 2.35. The number of likely N-dealkylation sites (tertiary alicyclic amines) is 1. The highest BCUT2D eigenvalue weighted by atomic mass is 35.5. The maximum absolute atomic E-state index is 12.5. The van der Waals surface area contributed by atoms with Crippen molar-refractivity contribution in [1.82, 2.24) is 20.0 Å². The Morgan fingerprint density at radius 3 is 2.82 bits per heavy atom. The molecule has 0 atom stereocenters. The smallest absolute Gasteiger partial charge is 0.257 e. The Labute approximate surface area is 134 Å². The van der Waals surface area contributed by atoms with E-state index in [0.29, 0.717) is 16.6 Å². The van der Waals surface area contributed by atoms with Crippen molar-refractivity contribution in [2.75, 3.05) is 20.1 Å². The highest BCUT2D eigenvalue weighted by Crippen LogP contribution is 2.17. The summed E-state index contributed by atoms with van der Waals surface area (Å²) in [7, 11) is 1.97. The molecule has 1 aliphatic heterocycles. The number of hydrogen-bond donors (Lipinski definition) is 1. The summed E-state index contributed by atoms with van der Waals surface area (Å²) in [4.78, 5) is 14.4. The summed E-state index contributed by atoms with van der Waals surface area (Å²) in [5.74, 6) is 0.0443. The largest absolute Gasteiger partial charge is 0.338 e. The van der Waals surface area contributed by atoms with Gasteiger partial charge < -0.3 is 10.2 Å². The van der Waals surface area contributed by atoms with Crippen LogP contribution in [0.4, 0.5) is 0 Å². The minimum absolute atomic E-state index is 0.0443. The monoisotopic (exact) mass is 318 g/mol. The van der Waals surface area contributed by atoms with Crippen LogP contribution in [-0.4, -0.2) is 46.8 Å². The first-order valence-corrected chi connectivity index (χ1v) is 7.82. The van der Waals surface area contributed by atoms with Crippen molar-refractivity contribution in [3.8, 4) is 5.69 Å². The van der Waals surface area contributed by atoms with Gasteiger partial charge >= 0.3 is 0 Å². The second-order valence-corrected chi connectivity index (χ2v) is 5.95. The van der Waals surface area contributed by atoms with Crippen LogP contribution in [0.5, 0.6) is 0 Å². The van der Waals surface area contributed by atoms with E-state index in [9.17, 15) is 4.79 Å². The van der Waals surface area contributed by atoms with Crippen LogP contribution in [-0.2, 0) is 0 Å². The number of hydrogen-bond acceptors (Lipinski definition) is 3. The maximum Gasteiger partial charge on any atom is 0.257 e. The molecule has 1 aromatic heterocycles. The molecular formula is C16H19ClN4O. The minimum atomic E-state index is 0.0443. The topological polar surface area (TPSA) is 50.2 Å². The van der Waals surface area contributed by atoms with E-state index >= 15 is 0 Å². The third-order valence-corrected chi connectivity index (χ3v) is 4.33. The van der Waals surface area contributed by atoms with Crippen LogP contribution in [0, 0.1) is 0 Å². The van der Waals surface area contributed by atoms with Gasteiger partial charge in [0.15, 0.2) is 0 Å². The molecule has 2 heterocycles. The second kappa shape index (κ2) is 6.50. The first-order chi connectivity index (χ1) is 10.7. The Balaban J connectivity index is 1.72. The third kappa shape index (κ3) is 3.15. The van der Waals surface area contributed by atoms with Crippen molar-refractivity contribution in [1.29, 1.82) is 0 Å². The molecular weight excluding hydrogens is 300 g/mol. The number of benzene rings is 1. The summed E-state index contributed by atoms with van der Waals surface area (Å²) in [6, 6.07) is 7.92. The zero-order valence-electron chi connectivity index (χ0n) is 12.5. The molecule has 2 aromatic rings. The quantitative estimate of drug-likeness (QED) is 0.945. The fourth-order valence-corrected chi connectivity index (χ4v) is 2.93. The maximum atomic E-state index is 12.5. The number of carbonyl (C=O) groups excluding carboxylic acids is 1. The van der Waals surface area contributed by atoms with E-state index in [1.54, 1.807) is 17.1 Å². The Morgan fingerprint density at radius 1 is 1.36 bits per heavy atom. The van der Waals surface area contributed by atoms with Crippen LogP contribution in [0.3, 0.4) is 0 Å². The lowest BCUT2D eigenvalue weighted by Crippen LogP contribution is -2.43. The molecule has 0 bridgehead atoms. The van der Waals surface area contributed by atoms with E-state index in [4.69, 9.17) is 11.6 Å². The summed E-state index contributed by atoms with van der Waals surface area (Å²) in [6.45, 7) is 1.57. The average Bonchev–Trinajstić information content (AvgIpc) is 3.04. The summed E-state index contributed by atoms with van der Waals surface area (Å²) in [5, 5.41) is 8.19. The van der Waals surface area contributed by atoms with Crippen LogP contribution in [0.2, 0.25) is 5.02 Å². The molecule has 1 N–H and O–H groups in total. The van der Waals surface area contributed by atoms with E-state index in [1.807, 2.05) is 36.2 Å². The number of halogens is 1. The summed E-state index contributed by atoms with van der Waals surface area (Å²) >= 11 is 5.99. The standard InChI is InChI=1S/C16H19ClN4O/c1-18-14-5-7-20(8-6-14)16(22)12-10-19-21(11-12)15-4-2-3-13(17)9-15/h2-4,9-11,14,18H,5-8H2,1H3. The number of aromatic nitrogens is 2. The summed E-state index contributed by atoms with van der Waals surface area (Å²) < 4.78 is 1.68. The third-order valence-electron chi connectivity index (χ3n) is 4.09. The minimum Gasteiger partial charge on any atom is -0.338 e. The molecule has 0 radical (unpaired) electrons. The zero-order chi connectivity index (χ0) is 15.5. The van der Waals surface area contributed by atoms with E-state index in [0.717, 1.165) is 31.6 Å². The molecule has 0 spiro atoms. The van der Waals surface area contributed by atoms with Crippen LogP contribution in [0.15, 0.2) is 36.7 Å². The van der Waals surface area contributed by atoms with Gasteiger partial charge in [0.25, 0.3) is 5.91 Å². The van der Waals surface area contributed by atoms with Crippen LogP contribution in [0.1, 0.15) is 23.2 Å². The van der Waals surface area contributed by atoms with Gasteiger partial charge in [-0.25, -0.2) is 4.68 Å². The average molecular weight is 319 g/mol. The highest BCUT2D eigenvalue weighted by molar-refractivity contribution is 6.30. The molecule has 6 heteroatoms. The summed E-state index contributed by atoms with van der Waals surface area (Å²) in [5.41, 5.74) is 1.46. The molecule has 1 fully saturated rings. The van der Waals surface area contributed by atoms with E-state index in [-0.39, 0.29) is 5.91 Å². The second-order valence-electron chi connectivity index (χ2n) is 5.51. The van der Waals surface area contributed by atoms with E-state index < -0.39 is 0 Å². The molecule has 0 unspecified atom stereocenters. The molecule has 0 saturated carbocycles. The van der Waals surface area contributed by atoms with Crippen molar-refractivity contribution in [3.63, 3.8) is 0 Å². The van der Waals surface area contributed by atoms with Gasteiger partial charge in [-0.1, -0.05) is 17.7 Å². The number of amides is 1. The van der Waals surface area contributed by atoms with E-state index in [1.165, 1.54) is 0 Å². The van der Waals surface area contributed by atoms with E-state index in [2.05, 4.69) is 10.4 Å². The number of nitrogens with zero attached hydrogens (tertiary/aromatic N) is 3. The zero-order valence-corrected chi connectivity index (χ0v) is 13.3. The van der Waals surface area contributed by atoms with Gasteiger partial charge in [-0.2, -0.15) is 5.10 Å². The Hall–Kier alpha value is -1.85. The molecule has 5 nitrogen and oxygen atoms in total. The normalized spacial score (nSPS) is 16.0. The van der Waals surface area contributed by atoms with Crippen molar-refractivity contribution in [3.05, 3.63) is 47.2 Å². The lowest BCUT2D eigenvalue weighted by atomic mass is 10.0. The van der Waals surface area contributed by atoms with Crippen LogP contribution < -0.4 is 5.32 Å². The molecule has 116 valence electrons. The number of nitrogens with one attached hydrogen (secondary N) is 1. The van der Waals surface area contributed by atoms with Gasteiger partial charge in [-0.3, -0.25) is 4.79 Å². The number of carbonyl (C=O) groups is 1. The number of rotatable bonds is 3. The molecule has 3 rings (SSSR count). The van der Waals surface area contributed by atoms with Gasteiger partial charge in [0.05, 0.1) is 17.4 Å². The molecule has 1 amide bonds. The van der Waals surface area contributed by atoms with Crippen molar-refractivity contribution >= 4 is 17.5 Å². The summed E-state index contributed by atoms with van der Waals surface area (Å²) in [6.07, 6.45) is 5.36.